The summed E-state index contributed by atoms with van der Waals surface area (Å²) in [6.07, 6.45) is 0.415. The highest BCUT2D eigenvalue weighted by Gasteiger charge is 2.39. The van der Waals surface area contributed by atoms with Gasteiger partial charge in [0.15, 0.2) is 6.30 Å². The number of carbonyl (C=O) groups is 3. The van der Waals surface area contributed by atoms with Crippen LogP contribution in [-0.4, -0.2) is 30.5 Å². The smallest absolute Gasteiger partial charge is 0.290 e. The van der Waals surface area contributed by atoms with E-state index in [4.69, 9.17) is 4.74 Å². The van der Waals surface area contributed by atoms with Gasteiger partial charge in [0.2, 0.25) is 5.91 Å². The zero-order chi connectivity index (χ0) is 24.1. The van der Waals surface area contributed by atoms with Crippen molar-refractivity contribution in [1.29, 1.82) is 0 Å². The van der Waals surface area contributed by atoms with E-state index < -0.39 is 22.9 Å². The van der Waals surface area contributed by atoms with Crippen LogP contribution in [0.25, 0.3) is 17.2 Å². The van der Waals surface area contributed by atoms with Crippen molar-refractivity contribution in [3.05, 3.63) is 51.9 Å². The summed E-state index contributed by atoms with van der Waals surface area (Å²) >= 11 is 0.850. The summed E-state index contributed by atoms with van der Waals surface area (Å²) < 4.78 is 20.1. The first-order chi connectivity index (χ1) is 15.5. The van der Waals surface area contributed by atoms with Crippen molar-refractivity contribution >= 4 is 40.6 Å². The molecule has 1 fully saturated rings. The number of hydrogen-bond acceptors (Lipinski definition) is 5. The van der Waals surface area contributed by atoms with Gasteiger partial charge in [-0.05, 0) is 72.1 Å². The van der Waals surface area contributed by atoms with Gasteiger partial charge in [-0.15, -0.1) is 0 Å². The third-order valence-electron chi connectivity index (χ3n) is 6.00. The molecule has 2 heterocycles. The molecule has 2 aromatic carbocycles. The van der Waals surface area contributed by atoms with Gasteiger partial charge in [-0.25, -0.2) is 4.39 Å². The first kappa shape index (κ1) is 23.0. The fourth-order valence-electron chi connectivity index (χ4n) is 4.41. The molecular formula is C25H25FN2O4S. The molecular weight excluding hydrogens is 443 g/mol. The Bertz CT molecular complexity index is 1220. The number of anilines is 1. The van der Waals surface area contributed by atoms with E-state index in [0.29, 0.717) is 21.9 Å². The second-order valence-electron chi connectivity index (χ2n) is 8.89. The number of alkyl halides is 1. The van der Waals surface area contributed by atoms with Crippen molar-refractivity contribution in [2.75, 3.05) is 12.0 Å². The lowest BCUT2D eigenvalue weighted by molar-refractivity contribution is -0.121. The van der Waals surface area contributed by atoms with E-state index in [1.807, 2.05) is 39.0 Å². The van der Waals surface area contributed by atoms with E-state index >= 15 is 0 Å². The summed E-state index contributed by atoms with van der Waals surface area (Å²) in [5.74, 6) is -0.0848. The third-order valence-corrected chi connectivity index (χ3v) is 6.81. The van der Waals surface area contributed by atoms with Crippen molar-refractivity contribution in [2.45, 2.75) is 45.8 Å². The number of rotatable bonds is 4. The van der Waals surface area contributed by atoms with Crippen molar-refractivity contribution in [2.24, 2.45) is 0 Å². The Morgan fingerprint density at radius 1 is 1.18 bits per heavy atom. The predicted molar refractivity (Wildman–Crippen MR) is 128 cm³/mol. The Hall–Kier alpha value is -3.13. The first-order valence-corrected chi connectivity index (χ1v) is 11.4. The van der Waals surface area contributed by atoms with Crippen LogP contribution in [-0.2, 0) is 15.0 Å². The fraction of sp³-hybridized carbons (Fsp3) is 0.320. The number of imide groups is 1. The number of carbonyl (C=O) groups excluding carboxylic acids is 3. The molecule has 2 aliphatic heterocycles. The van der Waals surface area contributed by atoms with E-state index in [2.05, 4.69) is 5.32 Å². The lowest BCUT2D eigenvalue weighted by Gasteiger charge is -2.40. The minimum Gasteiger partial charge on any atom is -0.496 e. The monoisotopic (exact) mass is 468 g/mol. The third kappa shape index (κ3) is 4.15. The molecule has 8 heteroatoms. The quantitative estimate of drug-likeness (QED) is 0.485. The average Bonchev–Trinajstić information content (AvgIpc) is 3.04. The molecule has 0 spiro atoms. The maximum Gasteiger partial charge on any atom is 0.290 e. The van der Waals surface area contributed by atoms with Gasteiger partial charge in [0.1, 0.15) is 5.75 Å². The number of aryl methyl sites for hydroxylation is 1. The molecule has 4 rings (SSSR count). The van der Waals surface area contributed by atoms with Gasteiger partial charge in [-0.1, -0.05) is 26.0 Å². The molecule has 2 aliphatic rings. The molecule has 0 aliphatic carbocycles. The zero-order valence-corrected chi connectivity index (χ0v) is 19.9. The van der Waals surface area contributed by atoms with Crippen LogP contribution in [0, 0.1) is 6.92 Å². The fourth-order valence-corrected chi connectivity index (χ4v) is 5.09. The highest BCUT2D eigenvalue weighted by Crippen LogP contribution is 2.45. The maximum absolute atomic E-state index is 14.5. The maximum atomic E-state index is 14.5. The number of methoxy groups -OCH3 is 1. The number of benzene rings is 2. The Balaban J connectivity index is 1.89. The van der Waals surface area contributed by atoms with Crippen LogP contribution in [0.1, 0.15) is 43.9 Å². The number of nitrogens with one attached hydrogen (secondary N) is 1. The Kier molecular flexibility index (Phi) is 5.82. The highest BCUT2D eigenvalue weighted by atomic mass is 32.2. The van der Waals surface area contributed by atoms with Crippen LogP contribution in [0.4, 0.5) is 14.9 Å². The molecule has 172 valence electrons. The van der Waals surface area contributed by atoms with Crippen LogP contribution in [0.3, 0.4) is 0 Å². The molecule has 1 saturated heterocycles. The number of thioether (sulfide) groups is 1. The van der Waals surface area contributed by atoms with Gasteiger partial charge in [0.05, 0.1) is 17.7 Å². The van der Waals surface area contributed by atoms with Crippen LogP contribution >= 0.6 is 11.8 Å². The molecule has 1 unspecified atom stereocenters. The van der Waals surface area contributed by atoms with E-state index in [0.717, 1.165) is 34.0 Å². The van der Waals surface area contributed by atoms with Crippen LogP contribution in [0.5, 0.6) is 5.75 Å². The summed E-state index contributed by atoms with van der Waals surface area (Å²) in [6.45, 7) is 7.30. The second-order valence-corrected chi connectivity index (χ2v) is 9.91. The lowest BCUT2D eigenvalue weighted by atomic mass is 9.75. The second kappa shape index (κ2) is 8.33. The largest absolute Gasteiger partial charge is 0.496 e. The lowest BCUT2D eigenvalue weighted by Crippen LogP contribution is -2.45. The van der Waals surface area contributed by atoms with E-state index in [1.165, 1.54) is 11.8 Å². The van der Waals surface area contributed by atoms with E-state index in [-0.39, 0.29) is 12.3 Å². The zero-order valence-electron chi connectivity index (χ0n) is 19.1. The Morgan fingerprint density at radius 3 is 2.52 bits per heavy atom. The molecule has 0 bridgehead atoms. The number of amides is 3. The van der Waals surface area contributed by atoms with E-state index in [1.54, 1.807) is 25.3 Å². The van der Waals surface area contributed by atoms with Crippen LogP contribution in [0.15, 0.2) is 35.2 Å². The summed E-state index contributed by atoms with van der Waals surface area (Å²) in [5, 5.41) is 1.84. The van der Waals surface area contributed by atoms with E-state index in [9.17, 15) is 18.8 Å². The standard InChI is InChI=1S/C25H25FN2O4S/c1-13-8-18-19(28(14(2)26)22(29)12-25(18,3)4)11-16(13)17-9-15(6-7-20(17)32-5)10-21-23(30)27-24(31)33-21/h6-11,14H,12H2,1-5H3,(H,27,30,31). The van der Waals surface area contributed by atoms with Crippen molar-refractivity contribution in [1.82, 2.24) is 5.32 Å². The first-order valence-electron chi connectivity index (χ1n) is 10.6. The molecule has 0 radical (unpaired) electrons. The van der Waals surface area contributed by atoms with Crippen LogP contribution < -0.4 is 15.0 Å². The van der Waals surface area contributed by atoms with Crippen molar-refractivity contribution in [3.63, 3.8) is 0 Å². The minimum absolute atomic E-state index is 0.234. The van der Waals surface area contributed by atoms with Crippen molar-refractivity contribution < 1.29 is 23.5 Å². The number of ether oxygens (including phenoxy) is 1. The van der Waals surface area contributed by atoms with Crippen LogP contribution in [0.2, 0.25) is 0 Å². The van der Waals surface area contributed by atoms with Gasteiger partial charge < -0.3 is 4.74 Å². The van der Waals surface area contributed by atoms with Gasteiger partial charge in [-0.3, -0.25) is 24.6 Å². The summed E-state index contributed by atoms with van der Waals surface area (Å²) in [5.41, 5.74) is 4.25. The molecule has 2 aromatic rings. The van der Waals surface area contributed by atoms with Gasteiger partial charge in [0, 0.05) is 17.4 Å². The molecule has 0 saturated carbocycles. The molecule has 33 heavy (non-hydrogen) atoms. The average molecular weight is 469 g/mol. The molecule has 0 aromatic heterocycles. The number of halogens is 1. The summed E-state index contributed by atoms with van der Waals surface area (Å²) in [6, 6.07) is 9.29. The Morgan fingerprint density at radius 2 is 1.91 bits per heavy atom. The SMILES string of the molecule is COc1ccc(C=C2SC(=O)NC2=O)cc1-c1cc2c(cc1C)C(C)(C)CC(=O)N2C(C)F. The van der Waals surface area contributed by atoms with Crippen molar-refractivity contribution in [3.8, 4) is 16.9 Å². The minimum atomic E-state index is -1.46. The van der Waals surface area contributed by atoms with Gasteiger partial charge in [-0.2, -0.15) is 0 Å². The number of nitrogens with zero attached hydrogens (tertiary/aromatic N) is 1. The van der Waals surface area contributed by atoms with Gasteiger partial charge >= 0.3 is 0 Å². The number of fused-ring (bicyclic) bond motifs is 1. The summed E-state index contributed by atoms with van der Waals surface area (Å²) in [4.78, 5) is 37.7. The highest BCUT2D eigenvalue weighted by molar-refractivity contribution is 8.18. The van der Waals surface area contributed by atoms with Gasteiger partial charge in [0.25, 0.3) is 11.1 Å². The Labute approximate surface area is 196 Å². The summed E-state index contributed by atoms with van der Waals surface area (Å²) in [7, 11) is 1.56. The molecule has 1 atom stereocenters. The molecule has 3 amide bonds. The topological polar surface area (TPSA) is 75.7 Å². The number of hydrogen-bond donors (Lipinski definition) is 1. The molecule has 6 nitrogen and oxygen atoms in total. The molecule has 1 N–H and O–H groups in total. The predicted octanol–water partition coefficient (Wildman–Crippen LogP) is 5.32. The normalized spacial score (nSPS) is 19.5.